The molecule has 0 aliphatic rings. The first-order valence-electron chi connectivity index (χ1n) is 5.85. The first kappa shape index (κ1) is 14.7. The van der Waals surface area contributed by atoms with Gasteiger partial charge in [0, 0.05) is 26.0 Å². The number of methoxy groups -OCH3 is 1. The van der Waals surface area contributed by atoms with Crippen LogP contribution in [-0.4, -0.2) is 53.7 Å². The van der Waals surface area contributed by atoms with Crippen molar-refractivity contribution in [3.63, 3.8) is 0 Å². The van der Waals surface area contributed by atoms with Crippen LogP contribution in [0.5, 0.6) is 0 Å². The quantitative estimate of drug-likeness (QED) is 0.724. The molecule has 1 N–H and O–H groups in total. The van der Waals surface area contributed by atoms with Crippen LogP contribution in [0.3, 0.4) is 0 Å². The van der Waals surface area contributed by atoms with Gasteiger partial charge in [-0.1, -0.05) is 0 Å². The van der Waals surface area contributed by atoms with Crippen LogP contribution < -0.4 is 5.32 Å². The molecule has 1 atom stereocenters. The Morgan fingerprint density at radius 1 is 1.67 bits per heavy atom. The van der Waals surface area contributed by atoms with Crippen molar-refractivity contribution < 1.29 is 9.53 Å². The van der Waals surface area contributed by atoms with Crippen molar-refractivity contribution in [2.24, 2.45) is 7.05 Å². The van der Waals surface area contributed by atoms with E-state index in [1.165, 1.54) is 7.11 Å². The van der Waals surface area contributed by atoms with E-state index in [0.717, 1.165) is 5.82 Å². The Hall–Kier alpha value is -1.40. The lowest BCUT2D eigenvalue weighted by Crippen LogP contribution is -2.55. The van der Waals surface area contributed by atoms with Gasteiger partial charge in [0.1, 0.15) is 11.4 Å². The standard InChI is InChI=1S/C12H22N4O2/c1-12(13-2,11(17)18-5)9-15(3)8-10-14-6-7-16(10)4/h6-7,13H,8-9H2,1-5H3. The molecule has 0 saturated heterocycles. The fourth-order valence-electron chi connectivity index (χ4n) is 1.86. The zero-order valence-electron chi connectivity index (χ0n) is 11.7. The number of hydrogen-bond acceptors (Lipinski definition) is 5. The van der Waals surface area contributed by atoms with Crippen LogP contribution in [0.25, 0.3) is 0 Å². The Balaban J connectivity index is 2.65. The van der Waals surface area contributed by atoms with Gasteiger partial charge in [0.25, 0.3) is 0 Å². The largest absolute Gasteiger partial charge is 0.468 e. The molecule has 0 fully saturated rings. The van der Waals surface area contributed by atoms with E-state index >= 15 is 0 Å². The third-order valence-corrected chi connectivity index (χ3v) is 3.11. The van der Waals surface area contributed by atoms with Crippen molar-refractivity contribution in [2.45, 2.75) is 19.0 Å². The van der Waals surface area contributed by atoms with E-state index in [1.807, 2.05) is 36.7 Å². The number of nitrogens with zero attached hydrogens (tertiary/aromatic N) is 3. The summed E-state index contributed by atoms with van der Waals surface area (Å²) >= 11 is 0. The molecule has 1 aromatic heterocycles. The summed E-state index contributed by atoms with van der Waals surface area (Å²) in [7, 11) is 7.06. The number of carbonyl (C=O) groups is 1. The summed E-state index contributed by atoms with van der Waals surface area (Å²) in [5.74, 6) is 0.692. The van der Waals surface area contributed by atoms with Crippen molar-refractivity contribution in [1.29, 1.82) is 0 Å². The lowest BCUT2D eigenvalue weighted by Gasteiger charge is -2.30. The Morgan fingerprint density at radius 2 is 2.33 bits per heavy atom. The van der Waals surface area contributed by atoms with Gasteiger partial charge in [0.2, 0.25) is 0 Å². The van der Waals surface area contributed by atoms with Crippen LogP contribution >= 0.6 is 0 Å². The Bertz CT molecular complexity index is 405. The fraction of sp³-hybridized carbons (Fsp3) is 0.667. The number of esters is 1. The molecule has 0 radical (unpaired) electrons. The second kappa shape index (κ2) is 5.97. The molecule has 6 nitrogen and oxygen atoms in total. The minimum absolute atomic E-state index is 0.267. The van der Waals surface area contributed by atoms with Crippen molar-refractivity contribution in [3.05, 3.63) is 18.2 Å². The van der Waals surface area contributed by atoms with Crippen molar-refractivity contribution in [2.75, 3.05) is 27.7 Å². The Labute approximate surface area is 108 Å². The van der Waals surface area contributed by atoms with E-state index in [1.54, 1.807) is 13.2 Å². The van der Waals surface area contributed by atoms with E-state index in [0.29, 0.717) is 13.1 Å². The van der Waals surface area contributed by atoms with Gasteiger partial charge in [0.15, 0.2) is 0 Å². The van der Waals surface area contributed by atoms with E-state index < -0.39 is 5.54 Å². The van der Waals surface area contributed by atoms with Gasteiger partial charge in [0.05, 0.1) is 13.7 Å². The average molecular weight is 254 g/mol. The fourth-order valence-corrected chi connectivity index (χ4v) is 1.86. The predicted molar refractivity (Wildman–Crippen MR) is 69.0 cm³/mol. The first-order valence-corrected chi connectivity index (χ1v) is 5.85. The maximum absolute atomic E-state index is 11.7. The molecule has 18 heavy (non-hydrogen) atoms. The monoisotopic (exact) mass is 254 g/mol. The van der Waals surface area contributed by atoms with E-state index in [4.69, 9.17) is 4.74 Å². The molecule has 1 unspecified atom stereocenters. The second-order valence-corrected chi connectivity index (χ2v) is 4.70. The van der Waals surface area contributed by atoms with Gasteiger partial charge in [-0.25, -0.2) is 4.98 Å². The molecule has 102 valence electrons. The maximum Gasteiger partial charge on any atom is 0.327 e. The third-order valence-electron chi connectivity index (χ3n) is 3.11. The average Bonchev–Trinajstić information content (AvgIpc) is 2.73. The number of carbonyl (C=O) groups excluding carboxylic acids is 1. The Morgan fingerprint density at radius 3 is 2.78 bits per heavy atom. The number of imidazole rings is 1. The Kier molecular flexibility index (Phi) is 4.86. The SMILES string of the molecule is CNC(C)(CN(C)Cc1nccn1C)C(=O)OC. The lowest BCUT2D eigenvalue weighted by atomic mass is 10.0. The van der Waals surface area contributed by atoms with E-state index in [2.05, 4.69) is 10.3 Å². The minimum atomic E-state index is -0.714. The zero-order chi connectivity index (χ0) is 13.8. The van der Waals surface area contributed by atoms with Crippen molar-refractivity contribution >= 4 is 5.97 Å². The van der Waals surface area contributed by atoms with Gasteiger partial charge in [-0.05, 0) is 21.0 Å². The molecule has 0 amide bonds. The summed E-state index contributed by atoms with van der Waals surface area (Å²) < 4.78 is 6.78. The smallest absolute Gasteiger partial charge is 0.327 e. The highest BCUT2D eigenvalue weighted by Crippen LogP contribution is 2.09. The van der Waals surface area contributed by atoms with Crippen LogP contribution in [0.15, 0.2) is 12.4 Å². The van der Waals surface area contributed by atoms with Crippen LogP contribution in [0, 0.1) is 0 Å². The highest BCUT2D eigenvalue weighted by molar-refractivity contribution is 5.80. The number of hydrogen-bond donors (Lipinski definition) is 1. The third kappa shape index (κ3) is 3.30. The van der Waals surface area contributed by atoms with Gasteiger partial charge in [-0.2, -0.15) is 0 Å². The lowest BCUT2D eigenvalue weighted by molar-refractivity contribution is -0.148. The van der Waals surface area contributed by atoms with Gasteiger partial charge >= 0.3 is 5.97 Å². The molecule has 0 spiro atoms. The summed E-state index contributed by atoms with van der Waals surface area (Å²) in [6.45, 7) is 3.05. The molecule has 0 aliphatic heterocycles. The molecule has 1 rings (SSSR count). The van der Waals surface area contributed by atoms with Gasteiger partial charge in [-0.3, -0.25) is 9.69 Å². The highest BCUT2D eigenvalue weighted by Gasteiger charge is 2.33. The summed E-state index contributed by atoms with van der Waals surface area (Å²) in [6.07, 6.45) is 3.67. The number of aryl methyl sites for hydroxylation is 1. The first-order chi connectivity index (χ1) is 8.42. The van der Waals surface area contributed by atoms with Gasteiger partial charge in [-0.15, -0.1) is 0 Å². The number of likely N-dealkylation sites (N-methyl/N-ethyl adjacent to an activating group) is 2. The van der Waals surface area contributed by atoms with Gasteiger partial charge < -0.3 is 14.6 Å². The highest BCUT2D eigenvalue weighted by atomic mass is 16.5. The van der Waals surface area contributed by atoms with Crippen molar-refractivity contribution in [1.82, 2.24) is 19.8 Å². The summed E-state index contributed by atoms with van der Waals surface area (Å²) in [5.41, 5.74) is -0.714. The molecule has 6 heteroatoms. The number of nitrogens with one attached hydrogen (secondary N) is 1. The summed E-state index contributed by atoms with van der Waals surface area (Å²) in [5, 5.41) is 3.01. The van der Waals surface area contributed by atoms with Crippen LogP contribution in [0.2, 0.25) is 0 Å². The van der Waals surface area contributed by atoms with E-state index in [9.17, 15) is 4.79 Å². The molecule has 1 heterocycles. The second-order valence-electron chi connectivity index (χ2n) is 4.70. The molecular weight excluding hydrogens is 232 g/mol. The topological polar surface area (TPSA) is 59.4 Å². The predicted octanol–water partition coefficient (Wildman–Crippen LogP) is 0.00300. The summed E-state index contributed by atoms with van der Waals surface area (Å²) in [6, 6.07) is 0. The molecular formula is C12H22N4O2. The molecule has 0 aromatic carbocycles. The zero-order valence-corrected chi connectivity index (χ0v) is 11.7. The molecule has 1 aromatic rings. The normalized spacial score (nSPS) is 14.6. The number of rotatable bonds is 6. The maximum atomic E-state index is 11.7. The molecule has 0 saturated carbocycles. The van der Waals surface area contributed by atoms with Crippen LogP contribution in [-0.2, 0) is 23.1 Å². The van der Waals surface area contributed by atoms with E-state index in [-0.39, 0.29) is 5.97 Å². The number of ether oxygens (including phenoxy) is 1. The minimum Gasteiger partial charge on any atom is -0.468 e. The number of aromatic nitrogens is 2. The molecule has 0 aliphatic carbocycles. The van der Waals surface area contributed by atoms with Crippen LogP contribution in [0.4, 0.5) is 0 Å². The summed E-state index contributed by atoms with van der Waals surface area (Å²) in [4.78, 5) is 18.0. The molecule has 0 bridgehead atoms. The van der Waals surface area contributed by atoms with Crippen molar-refractivity contribution in [3.8, 4) is 0 Å². The van der Waals surface area contributed by atoms with Crippen LogP contribution in [0.1, 0.15) is 12.7 Å².